The Labute approximate surface area is 145 Å². The number of nitrogens with one attached hydrogen (secondary N) is 2. The smallest absolute Gasteiger partial charge is 0.191 e. The summed E-state index contributed by atoms with van der Waals surface area (Å²) in [6.07, 6.45) is 0. The predicted molar refractivity (Wildman–Crippen MR) is 98.8 cm³/mol. The third-order valence-corrected chi connectivity index (χ3v) is 3.18. The molecular weight excluding hydrogens is 375 g/mol. The first-order valence-corrected chi connectivity index (χ1v) is 7.10. The molecule has 0 aliphatic heterocycles. The maximum absolute atomic E-state index is 8.89. The van der Waals surface area contributed by atoms with Gasteiger partial charge < -0.3 is 10.6 Å². The van der Waals surface area contributed by atoms with Crippen LogP contribution in [0.1, 0.15) is 38.8 Å². The van der Waals surface area contributed by atoms with Crippen molar-refractivity contribution in [2.45, 2.75) is 40.3 Å². The fourth-order valence-corrected chi connectivity index (χ4v) is 1.61. The lowest BCUT2D eigenvalue weighted by Crippen LogP contribution is -2.44. The number of nitriles is 1. The van der Waals surface area contributed by atoms with Gasteiger partial charge in [-0.25, -0.2) is 4.99 Å². The van der Waals surface area contributed by atoms with Gasteiger partial charge in [-0.15, -0.1) is 24.0 Å². The normalized spacial score (nSPS) is 12.3. The molecule has 1 rings (SSSR count). The van der Waals surface area contributed by atoms with Crippen molar-refractivity contribution in [1.29, 1.82) is 5.26 Å². The van der Waals surface area contributed by atoms with Crippen LogP contribution in [-0.4, -0.2) is 18.5 Å². The van der Waals surface area contributed by atoms with Crippen LogP contribution in [0.5, 0.6) is 0 Å². The Kier molecular flexibility index (Phi) is 9.80. The van der Waals surface area contributed by atoms with E-state index in [-0.39, 0.29) is 24.0 Å². The van der Waals surface area contributed by atoms with Gasteiger partial charge >= 0.3 is 0 Å². The van der Waals surface area contributed by atoms with E-state index in [0.717, 1.165) is 18.1 Å². The maximum Gasteiger partial charge on any atom is 0.191 e. The largest absolute Gasteiger partial charge is 0.357 e. The third kappa shape index (κ3) is 7.32. The monoisotopic (exact) mass is 400 g/mol. The number of nitrogens with zero attached hydrogens (tertiary/aromatic N) is 2. The van der Waals surface area contributed by atoms with Crippen molar-refractivity contribution in [2.75, 3.05) is 6.54 Å². The summed E-state index contributed by atoms with van der Waals surface area (Å²) < 4.78 is 0. The second-order valence-corrected chi connectivity index (χ2v) is 5.18. The summed E-state index contributed by atoms with van der Waals surface area (Å²) in [4.78, 5) is 4.57. The first-order chi connectivity index (χ1) is 9.56. The number of rotatable bonds is 5. The van der Waals surface area contributed by atoms with Crippen molar-refractivity contribution >= 4 is 29.9 Å². The minimum atomic E-state index is 0. The summed E-state index contributed by atoms with van der Waals surface area (Å²) in [7, 11) is 0. The SMILES string of the molecule is CCNC(=NCc1cccc(C#N)c1)NC(C)C(C)C.I. The van der Waals surface area contributed by atoms with Gasteiger partial charge in [-0.1, -0.05) is 26.0 Å². The molecule has 21 heavy (non-hydrogen) atoms. The van der Waals surface area contributed by atoms with E-state index < -0.39 is 0 Å². The van der Waals surface area contributed by atoms with Gasteiger partial charge in [0.1, 0.15) is 0 Å². The van der Waals surface area contributed by atoms with Crippen molar-refractivity contribution in [1.82, 2.24) is 10.6 Å². The molecule has 0 fully saturated rings. The molecule has 0 heterocycles. The van der Waals surface area contributed by atoms with Crippen LogP contribution >= 0.6 is 24.0 Å². The molecular formula is C16H25IN4. The van der Waals surface area contributed by atoms with Crippen LogP contribution in [0.4, 0.5) is 0 Å². The lowest BCUT2D eigenvalue weighted by molar-refractivity contribution is 0.481. The number of guanidine groups is 1. The zero-order valence-corrected chi connectivity index (χ0v) is 15.5. The highest BCUT2D eigenvalue weighted by Gasteiger charge is 2.08. The molecule has 5 heteroatoms. The van der Waals surface area contributed by atoms with Crippen molar-refractivity contribution in [3.05, 3.63) is 35.4 Å². The summed E-state index contributed by atoms with van der Waals surface area (Å²) in [5, 5.41) is 15.5. The quantitative estimate of drug-likeness (QED) is 0.453. The molecule has 0 amide bonds. The van der Waals surface area contributed by atoms with Gasteiger partial charge in [0.25, 0.3) is 0 Å². The molecule has 0 aliphatic rings. The van der Waals surface area contributed by atoms with E-state index >= 15 is 0 Å². The second kappa shape index (κ2) is 10.4. The minimum Gasteiger partial charge on any atom is -0.357 e. The minimum absolute atomic E-state index is 0. The molecule has 1 unspecified atom stereocenters. The van der Waals surface area contributed by atoms with E-state index in [1.807, 2.05) is 25.1 Å². The second-order valence-electron chi connectivity index (χ2n) is 5.18. The Hall–Kier alpha value is -1.29. The average molecular weight is 400 g/mol. The lowest BCUT2D eigenvalue weighted by atomic mass is 10.1. The lowest BCUT2D eigenvalue weighted by Gasteiger charge is -2.20. The third-order valence-electron chi connectivity index (χ3n) is 3.18. The number of benzene rings is 1. The molecule has 0 aliphatic carbocycles. The van der Waals surface area contributed by atoms with Crippen LogP contribution in [-0.2, 0) is 6.54 Å². The number of hydrogen-bond acceptors (Lipinski definition) is 2. The van der Waals surface area contributed by atoms with Crippen LogP contribution < -0.4 is 10.6 Å². The van der Waals surface area contributed by atoms with Crippen LogP contribution in [0.2, 0.25) is 0 Å². The fourth-order valence-electron chi connectivity index (χ4n) is 1.61. The molecule has 0 saturated carbocycles. The van der Waals surface area contributed by atoms with Gasteiger partial charge in [-0.3, -0.25) is 0 Å². The number of aliphatic imine (C=N–C) groups is 1. The zero-order valence-electron chi connectivity index (χ0n) is 13.2. The Bertz CT molecular complexity index is 491. The fraction of sp³-hybridized carbons (Fsp3) is 0.500. The molecule has 1 aromatic rings. The molecule has 4 nitrogen and oxygen atoms in total. The predicted octanol–water partition coefficient (Wildman–Crippen LogP) is 3.28. The number of hydrogen-bond donors (Lipinski definition) is 2. The molecule has 2 N–H and O–H groups in total. The molecule has 0 spiro atoms. The van der Waals surface area contributed by atoms with Gasteiger partial charge in [-0.05, 0) is 37.5 Å². The van der Waals surface area contributed by atoms with E-state index in [4.69, 9.17) is 5.26 Å². The summed E-state index contributed by atoms with van der Waals surface area (Å²) in [6.45, 7) is 9.95. The van der Waals surface area contributed by atoms with E-state index in [0.29, 0.717) is 24.1 Å². The standard InChI is InChI=1S/C16H24N4.HI/c1-5-18-16(20-13(4)12(2)3)19-11-15-8-6-7-14(9-15)10-17;/h6-9,12-13H,5,11H2,1-4H3,(H2,18,19,20);1H. The molecule has 0 saturated heterocycles. The van der Waals surface area contributed by atoms with Gasteiger partial charge in [-0.2, -0.15) is 5.26 Å². The molecule has 0 bridgehead atoms. The van der Waals surface area contributed by atoms with Crippen LogP contribution in [0.15, 0.2) is 29.3 Å². The number of halogens is 1. The van der Waals surface area contributed by atoms with Gasteiger partial charge in [0.15, 0.2) is 5.96 Å². The van der Waals surface area contributed by atoms with Crippen molar-refractivity contribution in [3.8, 4) is 6.07 Å². The Balaban J connectivity index is 0.00000400. The average Bonchev–Trinajstić information content (AvgIpc) is 2.45. The topological polar surface area (TPSA) is 60.2 Å². The molecule has 0 radical (unpaired) electrons. The van der Waals surface area contributed by atoms with E-state index in [2.05, 4.69) is 42.5 Å². The van der Waals surface area contributed by atoms with E-state index in [1.54, 1.807) is 6.07 Å². The highest BCUT2D eigenvalue weighted by atomic mass is 127. The highest BCUT2D eigenvalue weighted by molar-refractivity contribution is 14.0. The van der Waals surface area contributed by atoms with E-state index in [9.17, 15) is 0 Å². The molecule has 116 valence electrons. The summed E-state index contributed by atoms with van der Waals surface area (Å²) in [5.41, 5.74) is 1.71. The molecule has 0 aromatic heterocycles. The van der Waals surface area contributed by atoms with Gasteiger partial charge in [0.05, 0.1) is 18.2 Å². The summed E-state index contributed by atoms with van der Waals surface area (Å²) >= 11 is 0. The molecule has 1 atom stereocenters. The Morgan fingerprint density at radius 1 is 1.33 bits per heavy atom. The van der Waals surface area contributed by atoms with Crippen LogP contribution in [0.3, 0.4) is 0 Å². The van der Waals surface area contributed by atoms with Crippen molar-refractivity contribution in [3.63, 3.8) is 0 Å². The maximum atomic E-state index is 8.89. The van der Waals surface area contributed by atoms with Crippen LogP contribution in [0.25, 0.3) is 0 Å². The van der Waals surface area contributed by atoms with Gasteiger partial charge in [0, 0.05) is 12.6 Å². The highest BCUT2D eigenvalue weighted by Crippen LogP contribution is 2.06. The van der Waals surface area contributed by atoms with Crippen molar-refractivity contribution < 1.29 is 0 Å². The first-order valence-electron chi connectivity index (χ1n) is 7.10. The zero-order chi connectivity index (χ0) is 15.0. The van der Waals surface area contributed by atoms with Gasteiger partial charge in [0.2, 0.25) is 0 Å². The summed E-state index contributed by atoms with van der Waals surface area (Å²) in [6, 6.07) is 10.1. The Morgan fingerprint density at radius 3 is 2.62 bits per heavy atom. The Morgan fingerprint density at radius 2 is 2.05 bits per heavy atom. The molecule has 1 aromatic carbocycles. The van der Waals surface area contributed by atoms with E-state index in [1.165, 1.54) is 0 Å². The van der Waals surface area contributed by atoms with Crippen molar-refractivity contribution in [2.24, 2.45) is 10.9 Å². The first kappa shape index (κ1) is 19.7. The van der Waals surface area contributed by atoms with Crippen LogP contribution in [0, 0.1) is 17.2 Å². The summed E-state index contributed by atoms with van der Waals surface area (Å²) in [5.74, 6) is 1.36.